The quantitative estimate of drug-likeness (QED) is 0.375. The maximum Gasteiger partial charge on any atom is 0.273 e. The van der Waals surface area contributed by atoms with Crippen LogP contribution in [0.2, 0.25) is 0 Å². The summed E-state index contributed by atoms with van der Waals surface area (Å²) in [4.78, 5) is 19.0. The van der Waals surface area contributed by atoms with Crippen LogP contribution in [-0.2, 0) is 28.4 Å². The number of hydrogen-bond donors (Lipinski definition) is 2. The second-order valence-electron chi connectivity index (χ2n) is 7.23. The molecule has 0 atom stereocenters. The molecule has 3 rings (SSSR count). The van der Waals surface area contributed by atoms with E-state index in [-0.39, 0.29) is 33.8 Å². The van der Waals surface area contributed by atoms with Crippen molar-refractivity contribution in [1.82, 2.24) is 0 Å². The minimum Gasteiger partial charge on any atom is -0.508 e. The van der Waals surface area contributed by atoms with Gasteiger partial charge in [-0.15, -0.1) is 0 Å². The SMILES string of the molecule is C1COCCOCCOCCOCCOCCO1.O.O.O=[N+]([O-])c1cccc(O)c1.O=[N+]([O-])c1cccc(O)c1. The van der Waals surface area contributed by atoms with E-state index in [4.69, 9.17) is 38.6 Å². The first-order chi connectivity index (χ1) is 18.4. The van der Waals surface area contributed by atoms with Crippen molar-refractivity contribution in [1.29, 1.82) is 0 Å². The monoisotopic (exact) mass is 578 g/mol. The van der Waals surface area contributed by atoms with E-state index >= 15 is 0 Å². The van der Waals surface area contributed by atoms with Crippen LogP contribution in [0.1, 0.15) is 0 Å². The maximum atomic E-state index is 10.0. The highest BCUT2D eigenvalue weighted by Crippen LogP contribution is 2.17. The number of benzene rings is 2. The Labute approximate surface area is 230 Å². The summed E-state index contributed by atoms with van der Waals surface area (Å²) in [6, 6.07) is 10.4. The van der Waals surface area contributed by atoms with Gasteiger partial charge in [0, 0.05) is 12.1 Å². The third kappa shape index (κ3) is 21.5. The van der Waals surface area contributed by atoms with Crippen LogP contribution in [-0.4, -0.2) is 110 Å². The molecule has 0 radical (unpaired) electrons. The highest BCUT2D eigenvalue weighted by molar-refractivity contribution is 5.37. The zero-order valence-corrected chi connectivity index (χ0v) is 22.0. The molecular formula is C24H38N2O14. The molecule has 1 fully saturated rings. The maximum absolute atomic E-state index is 10.0. The lowest BCUT2D eigenvalue weighted by Crippen LogP contribution is -2.16. The van der Waals surface area contributed by atoms with Gasteiger partial charge in [-0.3, -0.25) is 20.2 Å². The second kappa shape index (κ2) is 25.8. The average Bonchev–Trinajstić information content (AvgIpc) is 2.89. The molecule has 2 aromatic carbocycles. The van der Waals surface area contributed by atoms with Crippen LogP contribution in [0.3, 0.4) is 0 Å². The number of aromatic hydroxyl groups is 2. The zero-order valence-electron chi connectivity index (χ0n) is 22.0. The van der Waals surface area contributed by atoms with Crippen LogP contribution in [0.15, 0.2) is 48.5 Å². The highest BCUT2D eigenvalue weighted by Gasteiger charge is 2.04. The average molecular weight is 579 g/mol. The van der Waals surface area contributed by atoms with Crippen LogP contribution in [0.25, 0.3) is 0 Å². The van der Waals surface area contributed by atoms with Crippen LogP contribution in [0.5, 0.6) is 11.5 Å². The molecule has 0 bridgehead atoms. The first-order valence-corrected chi connectivity index (χ1v) is 11.7. The van der Waals surface area contributed by atoms with Gasteiger partial charge in [0.05, 0.1) is 101 Å². The predicted octanol–water partition coefficient (Wildman–Crippen LogP) is 1.05. The first-order valence-electron chi connectivity index (χ1n) is 11.7. The summed E-state index contributed by atoms with van der Waals surface area (Å²) in [6.45, 7) is 7.04. The molecule has 16 nitrogen and oxygen atoms in total. The summed E-state index contributed by atoms with van der Waals surface area (Å²) in [7, 11) is 0. The van der Waals surface area contributed by atoms with Crippen molar-refractivity contribution < 1.29 is 59.4 Å². The van der Waals surface area contributed by atoms with E-state index in [2.05, 4.69) is 0 Å². The number of phenols is 2. The number of nitrogens with zero attached hydrogens (tertiary/aromatic N) is 2. The van der Waals surface area contributed by atoms with Crippen LogP contribution in [0, 0.1) is 20.2 Å². The molecule has 0 aliphatic carbocycles. The minimum absolute atomic E-state index is 0. The van der Waals surface area contributed by atoms with Gasteiger partial charge in [-0.1, -0.05) is 12.1 Å². The van der Waals surface area contributed by atoms with Crippen LogP contribution >= 0.6 is 0 Å². The van der Waals surface area contributed by atoms with E-state index in [1.54, 1.807) is 0 Å². The van der Waals surface area contributed by atoms with E-state index in [0.717, 1.165) is 12.1 Å². The topological polar surface area (TPSA) is 245 Å². The number of nitro groups is 2. The molecule has 0 unspecified atom stereocenters. The van der Waals surface area contributed by atoms with Gasteiger partial charge in [0.25, 0.3) is 11.4 Å². The third-order valence-corrected chi connectivity index (χ3v) is 4.31. The lowest BCUT2D eigenvalue weighted by Gasteiger charge is -2.09. The zero-order chi connectivity index (χ0) is 27.8. The Morgan fingerprint density at radius 1 is 0.500 bits per heavy atom. The molecule has 1 aliphatic heterocycles. The van der Waals surface area contributed by atoms with Crippen molar-refractivity contribution in [3.8, 4) is 11.5 Å². The molecule has 1 saturated heterocycles. The molecule has 1 heterocycles. The largest absolute Gasteiger partial charge is 0.508 e. The third-order valence-electron chi connectivity index (χ3n) is 4.31. The molecule has 2 aromatic rings. The Bertz CT molecular complexity index is 788. The van der Waals surface area contributed by atoms with Gasteiger partial charge in [-0.2, -0.15) is 0 Å². The van der Waals surface area contributed by atoms with Gasteiger partial charge in [0.1, 0.15) is 11.5 Å². The number of ether oxygens (including phenoxy) is 6. The number of non-ortho nitro benzene ring substituents is 2. The van der Waals surface area contributed by atoms with Crippen molar-refractivity contribution in [2.24, 2.45) is 0 Å². The summed E-state index contributed by atoms with van der Waals surface area (Å²) >= 11 is 0. The van der Waals surface area contributed by atoms with Gasteiger partial charge < -0.3 is 49.6 Å². The Kier molecular flexibility index (Phi) is 24.9. The lowest BCUT2D eigenvalue weighted by atomic mass is 10.3. The second-order valence-corrected chi connectivity index (χ2v) is 7.23. The normalized spacial score (nSPS) is 15.4. The van der Waals surface area contributed by atoms with Gasteiger partial charge in [-0.25, -0.2) is 0 Å². The number of nitro benzene ring substituents is 2. The van der Waals surface area contributed by atoms with Gasteiger partial charge in [-0.05, 0) is 12.1 Å². The Balaban J connectivity index is 0. The van der Waals surface area contributed by atoms with E-state index in [0.29, 0.717) is 79.3 Å². The molecule has 228 valence electrons. The fourth-order valence-electron chi connectivity index (χ4n) is 2.53. The van der Waals surface area contributed by atoms with Crippen molar-refractivity contribution in [3.63, 3.8) is 0 Å². The first kappa shape index (κ1) is 38.7. The summed E-state index contributed by atoms with van der Waals surface area (Å²) in [5, 5.41) is 37.6. The Hall–Kier alpha value is -3.48. The van der Waals surface area contributed by atoms with Gasteiger partial charge in [0.15, 0.2) is 0 Å². The van der Waals surface area contributed by atoms with Crippen molar-refractivity contribution in [2.45, 2.75) is 0 Å². The van der Waals surface area contributed by atoms with E-state index in [1.807, 2.05) is 0 Å². The molecule has 0 saturated carbocycles. The van der Waals surface area contributed by atoms with Crippen molar-refractivity contribution >= 4 is 11.4 Å². The molecule has 0 spiro atoms. The molecule has 1 aliphatic rings. The van der Waals surface area contributed by atoms with Crippen LogP contribution < -0.4 is 0 Å². The summed E-state index contributed by atoms with van der Waals surface area (Å²) < 4.78 is 32.0. The number of phenolic OH excluding ortho intramolecular Hbond substituents is 2. The lowest BCUT2D eigenvalue weighted by molar-refractivity contribution is -0.385. The minimum atomic E-state index is -0.556. The molecule has 16 heteroatoms. The molecule has 0 aromatic heterocycles. The molecular weight excluding hydrogens is 540 g/mol. The van der Waals surface area contributed by atoms with Gasteiger partial charge in [0.2, 0.25) is 0 Å². The summed E-state index contributed by atoms with van der Waals surface area (Å²) in [5.41, 5.74) is -0.194. The molecule has 6 N–H and O–H groups in total. The van der Waals surface area contributed by atoms with Gasteiger partial charge >= 0.3 is 0 Å². The Morgan fingerprint density at radius 3 is 0.875 bits per heavy atom. The summed E-state index contributed by atoms with van der Waals surface area (Å²) in [6.07, 6.45) is 0. The van der Waals surface area contributed by atoms with Crippen LogP contribution in [0.4, 0.5) is 11.4 Å². The standard InChI is InChI=1S/C12H24O6.2C6H5NO3.2H2O/c1-2-14-5-6-16-9-10-18-12-11-17-8-7-15-4-3-13-1;2*8-6-3-1-2-5(4-6)7(9)10;;/h1-12H2;2*1-4,8H;2*1H2. The number of hydrogen-bond acceptors (Lipinski definition) is 12. The number of rotatable bonds is 2. The fourth-order valence-corrected chi connectivity index (χ4v) is 2.53. The molecule has 0 amide bonds. The van der Waals surface area contributed by atoms with Crippen molar-refractivity contribution in [2.75, 3.05) is 79.3 Å². The summed E-state index contributed by atoms with van der Waals surface area (Å²) in [5.74, 6) is -0.177. The van der Waals surface area contributed by atoms with Crippen molar-refractivity contribution in [3.05, 3.63) is 68.8 Å². The highest BCUT2D eigenvalue weighted by atomic mass is 16.6. The smallest absolute Gasteiger partial charge is 0.273 e. The van der Waals surface area contributed by atoms with E-state index < -0.39 is 9.85 Å². The Morgan fingerprint density at radius 2 is 0.725 bits per heavy atom. The fraction of sp³-hybridized carbons (Fsp3) is 0.500. The predicted molar refractivity (Wildman–Crippen MR) is 142 cm³/mol. The molecule has 40 heavy (non-hydrogen) atoms. The van der Waals surface area contributed by atoms with E-state index in [9.17, 15) is 20.2 Å². The van der Waals surface area contributed by atoms with E-state index in [1.165, 1.54) is 36.4 Å².